The number of halogens is 1. The predicted molar refractivity (Wildman–Crippen MR) is 70.2 cm³/mol. The SMILES string of the molecule is O=C1CC(Cl)CN1c1ccnn1-c1ccccc1. The lowest BCUT2D eigenvalue weighted by Gasteiger charge is -2.17. The lowest BCUT2D eigenvalue weighted by molar-refractivity contribution is -0.117. The third-order valence-electron chi connectivity index (χ3n) is 2.98. The second-order valence-electron chi connectivity index (χ2n) is 4.24. The van der Waals surface area contributed by atoms with Gasteiger partial charge in [0.05, 0.1) is 17.3 Å². The smallest absolute Gasteiger partial charge is 0.229 e. The second-order valence-corrected chi connectivity index (χ2v) is 4.86. The normalized spacial score (nSPS) is 19.5. The molecule has 2 aromatic rings. The van der Waals surface area contributed by atoms with Crippen LogP contribution >= 0.6 is 11.6 Å². The minimum absolute atomic E-state index is 0.0488. The van der Waals surface area contributed by atoms with Crippen LogP contribution in [0.1, 0.15) is 6.42 Å². The highest BCUT2D eigenvalue weighted by atomic mass is 35.5. The Morgan fingerprint density at radius 1 is 1.22 bits per heavy atom. The maximum Gasteiger partial charge on any atom is 0.229 e. The van der Waals surface area contributed by atoms with Crippen molar-refractivity contribution in [1.29, 1.82) is 0 Å². The summed E-state index contributed by atoms with van der Waals surface area (Å²) in [6, 6.07) is 11.6. The predicted octanol–water partition coefficient (Wildman–Crippen LogP) is 2.22. The number of hydrogen-bond donors (Lipinski definition) is 0. The Kier molecular flexibility index (Phi) is 2.80. The molecule has 0 aliphatic carbocycles. The van der Waals surface area contributed by atoms with Crippen molar-refractivity contribution in [3.05, 3.63) is 42.6 Å². The Morgan fingerprint density at radius 2 is 2.00 bits per heavy atom. The van der Waals surface area contributed by atoms with Gasteiger partial charge in [-0.2, -0.15) is 5.10 Å². The highest BCUT2D eigenvalue weighted by Gasteiger charge is 2.31. The van der Waals surface area contributed by atoms with Gasteiger partial charge in [0.2, 0.25) is 5.91 Å². The molecular formula is C13H12ClN3O. The number of hydrogen-bond acceptors (Lipinski definition) is 2. The lowest BCUT2D eigenvalue weighted by Crippen LogP contribution is -2.27. The highest BCUT2D eigenvalue weighted by Crippen LogP contribution is 2.25. The molecule has 1 saturated heterocycles. The second kappa shape index (κ2) is 4.46. The van der Waals surface area contributed by atoms with Crippen LogP contribution in [-0.2, 0) is 4.79 Å². The molecule has 0 N–H and O–H groups in total. The van der Waals surface area contributed by atoms with Gasteiger partial charge in [0.25, 0.3) is 0 Å². The van der Waals surface area contributed by atoms with Gasteiger partial charge in [0.15, 0.2) is 0 Å². The number of amides is 1. The van der Waals surface area contributed by atoms with Gasteiger partial charge in [0.1, 0.15) is 5.82 Å². The number of carbonyl (C=O) groups excluding carboxylic acids is 1. The van der Waals surface area contributed by atoms with Crippen molar-refractivity contribution in [3.8, 4) is 5.69 Å². The Hall–Kier alpha value is -1.81. The van der Waals surface area contributed by atoms with Crippen LogP contribution in [0.15, 0.2) is 42.6 Å². The fourth-order valence-corrected chi connectivity index (χ4v) is 2.42. The van der Waals surface area contributed by atoms with Crippen molar-refractivity contribution >= 4 is 23.3 Å². The largest absolute Gasteiger partial charge is 0.295 e. The molecule has 1 unspecified atom stereocenters. The molecule has 5 heteroatoms. The maximum absolute atomic E-state index is 11.9. The van der Waals surface area contributed by atoms with E-state index in [2.05, 4.69) is 5.10 Å². The number of para-hydroxylation sites is 1. The number of benzene rings is 1. The zero-order valence-electron chi connectivity index (χ0n) is 9.66. The molecule has 0 bridgehead atoms. The topological polar surface area (TPSA) is 38.1 Å². The van der Waals surface area contributed by atoms with E-state index in [-0.39, 0.29) is 11.3 Å². The Morgan fingerprint density at radius 3 is 2.67 bits per heavy atom. The third-order valence-corrected chi connectivity index (χ3v) is 3.27. The molecule has 4 nitrogen and oxygen atoms in total. The van der Waals surface area contributed by atoms with Crippen LogP contribution in [0.5, 0.6) is 0 Å². The van der Waals surface area contributed by atoms with E-state index in [1.54, 1.807) is 15.8 Å². The molecule has 1 aromatic heterocycles. The minimum atomic E-state index is -0.114. The van der Waals surface area contributed by atoms with Crippen molar-refractivity contribution in [1.82, 2.24) is 9.78 Å². The van der Waals surface area contributed by atoms with E-state index >= 15 is 0 Å². The molecular weight excluding hydrogens is 250 g/mol. The summed E-state index contributed by atoms with van der Waals surface area (Å²) in [7, 11) is 0. The molecule has 1 fully saturated rings. The highest BCUT2D eigenvalue weighted by molar-refractivity contribution is 6.24. The van der Waals surface area contributed by atoms with Gasteiger partial charge in [-0.05, 0) is 12.1 Å². The summed E-state index contributed by atoms with van der Waals surface area (Å²) in [5.74, 6) is 0.821. The number of nitrogens with zero attached hydrogens (tertiary/aromatic N) is 3. The Bertz CT molecular complexity index is 567. The quantitative estimate of drug-likeness (QED) is 0.778. The monoisotopic (exact) mass is 261 g/mol. The fourth-order valence-electron chi connectivity index (χ4n) is 2.15. The van der Waals surface area contributed by atoms with Gasteiger partial charge in [0, 0.05) is 19.0 Å². The van der Waals surface area contributed by atoms with Crippen LogP contribution in [-0.4, -0.2) is 27.6 Å². The molecule has 1 aliphatic rings. The first kappa shape index (κ1) is 11.3. The van der Waals surface area contributed by atoms with E-state index in [1.165, 1.54) is 0 Å². The molecule has 92 valence electrons. The van der Waals surface area contributed by atoms with Crippen molar-refractivity contribution in [2.75, 3.05) is 11.4 Å². The first-order chi connectivity index (χ1) is 8.75. The van der Waals surface area contributed by atoms with Gasteiger partial charge < -0.3 is 0 Å². The van der Waals surface area contributed by atoms with E-state index in [9.17, 15) is 4.79 Å². The third kappa shape index (κ3) is 1.88. The lowest BCUT2D eigenvalue weighted by atomic mass is 10.3. The summed E-state index contributed by atoms with van der Waals surface area (Å²) in [6.45, 7) is 0.541. The van der Waals surface area contributed by atoms with Crippen molar-refractivity contribution in [3.63, 3.8) is 0 Å². The fraction of sp³-hybridized carbons (Fsp3) is 0.231. The number of alkyl halides is 1. The summed E-state index contributed by atoms with van der Waals surface area (Å²) in [4.78, 5) is 13.6. The summed E-state index contributed by atoms with van der Waals surface area (Å²) in [5.41, 5.74) is 0.934. The molecule has 1 aliphatic heterocycles. The zero-order chi connectivity index (χ0) is 12.5. The summed E-state index contributed by atoms with van der Waals surface area (Å²) >= 11 is 6.02. The van der Waals surface area contributed by atoms with E-state index in [1.807, 2.05) is 36.4 Å². The van der Waals surface area contributed by atoms with Crippen molar-refractivity contribution in [2.45, 2.75) is 11.8 Å². The average molecular weight is 262 g/mol. The van der Waals surface area contributed by atoms with Gasteiger partial charge >= 0.3 is 0 Å². The van der Waals surface area contributed by atoms with Crippen molar-refractivity contribution < 1.29 is 4.79 Å². The van der Waals surface area contributed by atoms with Crippen LogP contribution in [0.3, 0.4) is 0 Å². The van der Waals surface area contributed by atoms with Gasteiger partial charge in [-0.15, -0.1) is 11.6 Å². The summed E-state index contributed by atoms with van der Waals surface area (Å²) in [6.07, 6.45) is 2.08. The molecule has 1 aromatic carbocycles. The maximum atomic E-state index is 11.9. The first-order valence-electron chi connectivity index (χ1n) is 5.79. The van der Waals surface area contributed by atoms with Gasteiger partial charge in [-0.25, -0.2) is 4.68 Å². The van der Waals surface area contributed by atoms with Crippen molar-refractivity contribution in [2.24, 2.45) is 0 Å². The van der Waals surface area contributed by atoms with E-state index < -0.39 is 0 Å². The van der Waals surface area contributed by atoms with Gasteiger partial charge in [-0.3, -0.25) is 9.69 Å². The van der Waals surface area contributed by atoms with Gasteiger partial charge in [-0.1, -0.05) is 18.2 Å². The summed E-state index contributed by atoms with van der Waals surface area (Å²) in [5, 5.41) is 4.16. The Labute approximate surface area is 110 Å². The molecule has 2 heterocycles. The van der Waals surface area contributed by atoms with Crippen LogP contribution in [0.4, 0.5) is 5.82 Å². The first-order valence-corrected chi connectivity index (χ1v) is 6.23. The van der Waals surface area contributed by atoms with E-state index in [4.69, 9.17) is 11.6 Å². The molecule has 0 saturated carbocycles. The molecule has 0 spiro atoms. The molecule has 1 amide bonds. The van der Waals surface area contributed by atoms with Crippen LogP contribution < -0.4 is 4.90 Å². The number of anilines is 1. The molecule has 3 rings (SSSR count). The molecule has 0 radical (unpaired) electrons. The Balaban J connectivity index is 2.00. The zero-order valence-corrected chi connectivity index (χ0v) is 10.4. The van der Waals surface area contributed by atoms with E-state index in [0.29, 0.717) is 13.0 Å². The van der Waals surface area contributed by atoms with E-state index in [0.717, 1.165) is 11.5 Å². The average Bonchev–Trinajstić information content (AvgIpc) is 2.96. The molecule has 1 atom stereocenters. The number of carbonyl (C=O) groups is 1. The van der Waals surface area contributed by atoms with Crippen LogP contribution in [0, 0.1) is 0 Å². The van der Waals surface area contributed by atoms with Crippen LogP contribution in [0.25, 0.3) is 5.69 Å². The van der Waals surface area contributed by atoms with Crippen LogP contribution in [0.2, 0.25) is 0 Å². The minimum Gasteiger partial charge on any atom is -0.295 e. The number of aromatic nitrogens is 2. The number of rotatable bonds is 2. The molecule has 18 heavy (non-hydrogen) atoms. The summed E-state index contributed by atoms with van der Waals surface area (Å²) < 4.78 is 1.76. The standard InChI is InChI=1S/C13H12ClN3O/c14-10-8-13(18)16(9-10)12-6-7-15-17(12)11-4-2-1-3-5-11/h1-7,10H,8-9H2.